The van der Waals surface area contributed by atoms with Crippen LogP contribution in [0.4, 0.5) is 0 Å². The average Bonchev–Trinajstić information content (AvgIpc) is 2.59. The molecule has 4 heteroatoms. The molecule has 100 valence electrons. The van der Waals surface area contributed by atoms with Crippen LogP contribution in [0.3, 0.4) is 0 Å². The van der Waals surface area contributed by atoms with Crippen LogP contribution in [-0.2, 0) is 11.2 Å². The molecule has 0 saturated heterocycles. The fourth-order valence-electron chi connectivity index (χ4n) is 2.46. The summed E-state index contributed by atoms with van der Waals surface area (Å²) < 4.78 is 16.7. The third-order valence-corrected chi connectivity index (χ3v) is 3.51. The Hall–Kier alpha value is -0.930. The first-order chi connectivity index (χ1) is 8.69. The van der Waals surface area contributed by atoms with Crippen molar-refractivity contribution in [3.63, 3.8) is 0 Å². The topological polar surface area (TPSA) is 27.7 Å². The summed E-state index contributed by atoms with van der Waals surface area (Å²) >= 11 is 6.23. The number of alkyl halides is 1. The Morgan fingerprint density at radius 1 is 1.33 bits per heavy atom. The van der Waals surface area contributed by atoms with E-state index in [1.165, 1.54) is 0 Å². The van der Waals surface area contributed by atoms with Crippen molar-refractivity contribution in [1.82, 2.24) is 0 Å². The minimum absolute atomic E-state index is 0.0695. The molecule has 0 saturated carbocycles. The Morgan fingerprint density at radius 2 is 2.11 bits per heavy atom. The maximum absolute atomic E-state index is 6.23. The molecular formula is C14H19ClO3. The zero-order valence-corrected chi connectivity index (χ0v) is 11.8. The summed E-state index contributed by atoms with van der Waals surface area (Å²) in [6.07, 6.45) is 1.82. The Balaban J connectivity index is 2.53. The van der Waals surface area contributed by atoms with E-state index >= 15 is 0 Å². The van der Waals surface area contributed by atoms with Gasteiger partial charge in [-0.2, -0.15) is 0 Å². The van der Waals surface area contributed by atoms with Gasteiger partial charge in [0.15, 0.2) is 11.5 Å². The number of benzene rings is 1. The first kappa shape index (κ1) is 13.5. The molecule has 1 aromatic rings. The fraction of sp³-hybridized carbons (Fsp3) is 0.571. The first-order valence-corrected chi connectivity index (χ1v) is 6.62. The lowest BCUT2D eigenvalue weighted by Crippen LogP contribution is -2.14. The summed E-state index contributed by atoms with van der Waals surface area (Å²) in [5.41, 5.74) is 2.28. The highest BCUT2D eigenvalue weighted by molar-refractivity contribution is 6.20. The molecule has 1 aliphatic rings. The van der Waals surface area contributed by atoms with E-state index in [9.17, 15) is 0 Å². The van der Waals surface area contributed by atoms with Gasteiger partial charge in [-0.15, -0.1) is 11.6 Å². The number of fused-ring (bicyclic) bond motifs is 1. The van der Waals surface area contributed by atoms with Gasteiger partial charge in [-0.05, 0) is 31.4 Å². The van der Waals surface area contributed by atoms with Crippen LogP contribution < -0.4 is 9.47 Å². The molecular weight excluding hydrogens is 252 g/mol. The van der Waals surface area contributed by atoms with Crippen molar-refractivity contribution < 1.29 is 14.2 Å². The van der Waals surface area contributed by atoms with E-state index < -0.39 is 0 Å². The van der Waals surface area contributed by atoms with Gasteiger partial charge < -0.3 is 14.2 Å². The van der Waals surface area contributed by atoms with Crippen LogP contribution >= 0.6 is 11.6 Å². The van der Waals surface area contributed by atoms with Crippen LogP contribution in [0.2, 0.25) is 0 Å². The van der Waals surface area contributed by atoms with Crippen molar-refractivity contribution in [2.24, 2.45) is 0 Å². The summed E-state index contributed by atoms with van der Waals surface area (Å²) in [7, 11) is 3.32. The highest BCUT2D eigenvalue weighted by Crippen LogP contribution is 2.40. The third-order valence-electron chi connectivity index (χ3n) is 3.28. The number of ether oxygens (including phenoxy) is 3. The summed E-state index contributed by atoms with van der Waals surface area (Å²) in [6, 6.07) is 3.95. The Bertz CT molecular complexity index is 418. The summed E-state index contributed by atoms with van der Waals surface area (Å²) in [5.74, 6) is 1.57. The Morgan fingerprint density at radius 3 is 2.72 bits per heavy atom. The molecule has 18 heavy (non-hydrogen) atoms. The van der Waals surface area contributed by atoms with Crippen molar-refractivity contribution in [2.75, 3.05) is 20.8 Å². The normalized spacial score (nSPS) is 20.8. The van der Waals surface area contributed by atoms with Gasteiger partial charge in [0.1, 0.15) is 0 Å². The summed E-state index contributed by atoms with van der Waals surface area (Å²) in [4.78, 5) is 0. The second-order valence-electron chi connectivity index (χ2n) is 4.44. The molecule has 3 nitrogen and oxygen atoms in total. The van der Waals surface area contributed by atoms with E-state index in [0.717, 1.165) is 42.1 Å². The zero-order chi connectivity index (χ0) is 13.1. The van der Waals surface area contributed by atoms with Gasteiger partial charge in [-0.25, -0.2) is 0 Å². The van der Waals surface area contributed by atoms with Gasteiger partial charge in [0.05, 0.1) is 25.7 Å². The van der Waals surface area contributed by atoms with Gasteiger partial charge in [-0.1, -0.05) is 6.07 Å². The van der Waals surface area contributed by atoms with Crippen molar-refractivity contribution in [2.45, 2.75) is 31.2 Å². The Kier molecular flexibility index (Phi) is 4.36. The molecule has 1 aliphatic heterocycles. The molecule has 2 rings (SSSR count). The fourth-order valence-corrected chi connectivity index (χ4v) is 2.67. The Labute approximate surface area is 113 Å². The molecule has 0 radical (unpaired) electrons. The predicted octanol–water partition coefficient (Wildman–Crippen LogP) is 3.34. The van der Waals surface area contributed by atoms with Crippen LogP contribution in [0.5, 0.6) is 11.5 Å². The quantitative estimate of drug-likeness (QED) is 0.789. The molecule has 0 amide bonds. The highest BCUT2D eigenvalue weighted by Gasteiger charge is 2.27. The van der Waals surface area contributed by atoms with Gasteiger partial charge in [0.25, 0.3) is 0 Å². The second-order valence-corrected chi connectivity index (χ2v) is 5.13. The van der Waals surface area contributed by atoms with Crippen LogP contribution in [0.1, 0.15) is 30.6 Å². The number of halogens is 1. The van der Waals surface area contributed by atoms with E-state index in [4.69, 9.17) is 25.8 Å². The van der Waals surface area contributed by atoms with E-state index in [-0.39, 0.29) is 11.5 Å². The van der Waals surface area contributed by atoms with Crippen LogP contribution in [0, 0.1) is 0 Å². The van der Waals surface area contributed by atoms with Crippen molar-refractivity contribution in [3.05, 3.63) is 23.3 Å². The number of hydrogen-bond donors (Lipinski definition) is 0. The monoisotopic (exact) mass is 270 g/mol. The van der Waals surface area contributed by atoms with E-state index in [0.29, 0.717) is 0 Å². The third kappa shape index (κ3) is 2.43. The van der Waals surface area contributed by atoms with E-state index in [2.05, 4.69) is 0 Å². The summed E-state index contributed by atoms with van der Waals surface area (Å²) in [6.45, 7) is 2.68. The second kappa shape index (κ2) is 5.81. The highest BCUT2D eigenvalue weighted by atomic mass is 35.5. The minimum Gasteiger partial charge on any atom is -0.493 e. The average molecular weight is 271 g/mol. The molecule has 1 aromatic carbocycles. The smallest absolute Gasteiger partial charge is 0.164 e. The van der Waals surface area contributed by atoms with E-state index in [1.54, 1.807) is 14.2 Å². The molecule has 2 atom stereocenters. The van der Waals surface area contributed by atoms with Crippen molar-refractivity contribution >= 4 is 11.6 Å². The molecule has 0 bridgehead atoms. The molecule has 0 N–H and O–H groups in total. The SMILES string of the molecule is COc1ccc2c(c1OC)CCCOC2C(C)Cl. The predicted molar refractivity (Wildman–Crippen MR) is 71.9 cm³/mol. The standard InChI is InChI=1S/C14H19ClO3/c1-9(15)13-11-6-7-12(16-2)14(17-3)10(11)5-4-8-18-13/h6-7,9,13H,4-5,8H2,1-3H3. The number of hydrogen-bond acceptors (Lipinski definition) is 3. The van der Waals surface area contributed by atoms with Gasteiger partial charge in [-0.3, -0.25) is 0 Å². The van der Waals surface area contributed by atoms with Crippen molar-refractivity contribution in [3.8, 4) is 11.5 Å². The molecule has 0 spiro atoms. The van der Waals surface area contributed by atoms with Crippen molar-refractivity contribution in [1.29, 1.82) is 0 Å². The molecule has 0 fully saturated rings. The van der Waals surface area contributed by atoms with E-state index in [1.807, 2.05) is 19.1 Å². The number of methoxy groups -OCH3 is 2. The maximum Gasteiger partial charge on any atom is 0.164 e. The van der Waals surface area contributed by atoms with Gasteiger partial charge in [0, 0.05) is 12.2 Å². The number of rotatable bonds is 3. The van der Waals surface area contributed by atoms with Crippen LogP contribution in [0.25, 0.3) is 0 Å². The zero-order valence-electron chi connectivity index (χ0n) is 11.0. The lowest BCUT2D eigenvalue weighted by molar-refractivity contribution is 0.0565. The first-order valence-electron chi connectivity index (χ1n) is 6.18. The minimum atomic E-state index is -0.0797. The molecule has 2 unspecified atom stereocenters. The maximum atomic E-state index is 6.23. The molecule has 1 heterocycles. The largest absolute Gasteiger partial charge is 0.493 e. The molecule has 0 aromatic heterocycles. The lowest BCUT2D eigenvalue weighted by atomic mass is 9.96. The summed E-state index contributed by atoms with van der Waals surface area (Å²) in [5, 5.41) is -0.0695. The van der Waals surface area contributed by atoms with Crippen LogP contribution in [-0.4, -0.2) is 26.2 Å². The van der Waals surface area contributed by atoms with Gasteiger partial charge in [0.2, 0.25) is 0 Å². The van der Waals surface area contributed by atoms with Crippen LogP contribution in [0.15, 0.2) is 12.1 Å². The van der Waals surface area contributed by atoms with Gasteiger partial charge >= 0.3 is 0 Å². The molecule has 0 aliphatic carbocycles. The lowest BCUT2D eigenvalue weighted by Gasteiger charge is -2.22.